The minimum Gasteiger partial charge on any atom is -0.339 e. The number of sulfonamides is 1. The first-order valence-corrected chi connectivity index (χ1v) is 16.0. The normalized spacial score (nSPS) is 19.0. The van der Waals surface area contributed by atoms with Crippen molar-refractivity contribution in [3.8, 4) is 0 Å². The molecule has 2 aliphatic heterocycles. The molecule has 0 atom stereocenters. The van der Waals surface area contributed by atoms with E-state index in [9.17, 15) is 17.6 Å². The summed E-state index contributed by atoms with van der Waals surface area (Å²) in [5.74, 6) is -0.380. The number of carbonyl (C=O) groups excluding carboxylic acids is 1. The zero-order chi connectivity index (χ0) is 27.2. The van der Waals surface area contributed by atoms with Crippen LogP contribution in [0.2, 0.25) is 5.02 Å². The highest BCUT2D eigenvalue weighted by molar-refractivity contribution is 7.99. The number of benzene rings is 2. The van der Waals surface area contributed by atoms with Gasteiger partial charge in [-0.05, 0) is 73.2 Å². The average Bonchev–Trinajstić information content (AvgIpc) is 2.94. The molecule has 1 aliphatic carbocycles. The summed E-state index contributed by atoms with van der Waals surface area (Å²) in [5, 5.41) is 0.197. The van der Waals surface area contributed by atoms with E-state index in [1.54, 1.807) is 41.6 Å². The zero-order valence-corrected chi connectivity index (χ0v) is 23.7. The molecule has 6 rings (SSSR count). The van der Waals surface area contributed by atoms with Gasteiger partial charge in [0.05, 0.1) is 5.02 Å². The van der Waals surface area contributed by atoms with Gasteiger partial charge < -0.3 is 4.90 Å². The van der Waals surface area contributed by atoms with Crippen molar-refractivity contribution >= 4 is 39.3 Å². The Balaban J connectivity index is 1.24. The Kier molecular flexibility index (Phi) is 7.20. The first-order chi connectivity index (χ1) is 18.8. The second-order valence-corrected chi connectivity index (χ2v) is 13.8. The van der Waals surface area contributed by atoms with Gasteiger partial charge in [0.15, 0.2) is 0 Å². The largest absolute Gasteiger partial charge is 0.339 e. The minimum atomic E-state index is -3.92. The summed E-state index contributed by atoms with van der Waals surface area (Å²) >= 11 is 8.12. The van der Waals surface area contributed by atoms with Crippen molar-refractivity contribution in [1.82, 2.24) is 14.6 Å². The third-order valence-electron chi connectivity index (χ3n) is 8.26. The molecule has 3 heterocycles. The summed E-state index contributed by atoms with van der Waals surface area (Å²) in [4.78, 5) is 20.1. The maximum absolute atomic E-state index is 14.2. The lowest BCUT2D eigenvalue weighted by molar-refractivity contribution is 0.0711. The van der Waals surface area contributed by atoms with Gasteiger partial charge in [-0.1, -0.05) is 48.7 Å². The summed E-state index contributed by atoms with van der Waals surface area (Å²) in [6, 6.07) is 11.5. The summed E-state index contributed by atoms with van der Waals surface area (Å²) in [7, 11) is -3.92. The maximum atomic E-state index is 14.2. The quantitative estimate of drug-likeness (QED) is 0.396. The van der Waals surface area contributed by atoms with E-state index in [1.807, 2.05) is 12.1 Å². The third-order valence-corrected chi connectivity index (χ3v) is 11.4. The molecule has 0 unspecified atom stereocenters. The Morgan fingerprint density at radius 3 is 2.41 bits per heavy atom. The number of nitrogens with zero attached hydrogens (tertiary/aromatic N) is 2. The summed E-state index contributed by atoms with van der Waals surface area (Å²) in [5.41, 5.74) is 2.44. The van der Waals surface area contributed by atoms with Gasteiger partial charge >= 0.3 is 0 Å². The van der Waals surface area contributed by atoms with Gasteiger partial charge in [0, 0.05) is 52.3 Å². The van der Waals surface area contributed by atoms with Gasteiger partial charge in [0.1, 0.15) is 10.7 Å². The minimum absolute atomic E-state index is 0.0384. The van der Waals surface area contributed by atoms with E-state index in [0.717, 1.165) is 53.0 Å². The summed E-state index contributed by atoms with van der Waals surface area (Å²) < 4.78 is 44.2. The monoisotopic (exact) mass is 585 g/mol. The van der Waals surface area contributed by atoms with Crippen molar-refractivity contribution in [1.29, 1.82) is 0 Å². The highest BCUT2D eigenvalue weighted by Gasteiger charge is 2.43. The maximum Gasteiger partial charge on any atom is 0.253 e. The number of hydrogen-bond acceptors (Lipinski definition) is 5. The molecule has 2 aromatic carbocycles. The second-order valence-electron chi connectivity index (χ2n) is 10.6. The predicted octanol–water partition coefficient (Wildman–Crippen LogP) is 6.17. The Bertz CT molecular complexity index is 1520. The van der Waals surface area contributed by atoms with E-state index >= 15 is 0 Å². The number of likely N-dealkylation sites (tertiary alicyclic amines) is 1. The molecule has 1 N–H and O–H groups in total. The van der Waals surface area contributed by atoms with Crippen LogP contribution in [0.4, 0.5) is 4.39 Å². The Morgan fingerprint density at radius 1 is 1.00 bits per heavy atom. The zero-order valence-electron chi connectivity index (χ0n) is 21.3. The van der Waals surface area contributed by atoms with E-state index in [1.165, 1.54) is 17.8 Å². The molecule has 0 bridgehead atoms. The number of aromatic nitrogens is 1. The number of halogens is 2. The molecule has 1 aromatic heterocycles. The van der Waals surface area contributed by atoms with Crippen LogP contribution in [0.3, 0.4) is 0 Å². The number of pyridine rings is 1. The third kappa shape index (κ3) is 4.99. The van der Waals surface area contributed by atoms with Crippen LogP contribution in [0.1, 0.15) is 66.4 Å². The first kappa shape index (κ1) is 26.7. The summed E-state index contributed by atoms with van der Waals surface area (Å²) in [6.07, 6.45) is 9.29. The topological polar surface area (TPSA) is 79.4 Å². The molecule has 39 heavy (non-hydrogen) atoms. The van der Waals surface area contributed by atoms with Crippen LogP contribution in [0, 0.1) is 5.82 Å². The lowest BCUT2D eigenvalue weighted by Gasteiger charge is -2.43. The Labute approximate surface area is 237 Å². The highest BCUT2D eigenvalue weighted by atomic mass is 35.5. The van der Waals surface area contributed by atoms with Crippen molar-refractivity contribution in [3.63, 3.8) is 0 Å². The fourth-order valence-electron chi connectivity index (χ4n) is 6.29. The molecular formula is C29H29ClFN3O3S2. The van der Waals surface area contributed by atoms with Crippen LogP contribution in [0.5, 0.6) is 0 Å². The molecule has 1 spiro atoms. The molecular weight excluding hydrogens is 557 g/mol. The number of nitrogens with one attached hydrogen (secondary N) is 1. The van der Waals surface area contributed by atoms with E-state index in [2.05, 4.69) is 9.71 Å². The number of hydrogen-bond donors (Lipinski definition) is 1. The first-order valence-electron chi connectivity index (χ1n) is 13.3. The SMILES string of the molecule is O=C(c1ccncc1)N1CCC(NS(=O)(=O)c2cc3c(cc2Cl)C2(CCCCC2)c2ccc(F)cc2S3)CC1. The fraction of sp³-hybridized carbons (Fsp3) is 0.379. The predicted molar refractivity (Wildman–Crippen MR) is 149 cm³/mol. The molecule has 3 aliphatic rings. The van der Waals surface area contributed by atoms with Crippen molar-refractivity contribution in [3.05, 3.63) is 82.4 Å². The lowest BCUT2D eigenvalue weighted by Crippen LogP contribution is -2.46. The molecule has 204 valence electrons. The van der Waals surface area contributed by atoms with E-state index < -0.39 is 10.0 Å². The standard InChI is InChI=1S/C29H29ClFN3O3S2/c30-24-17-23-26(38-25-16-20(31)4-5-22(25)29(23)10-2-1-3-11-29)18-27(24)39(36,37)33-21-8-14-34(15-9-21)28(35)19-6-12-32-13-7-19/h4-7,12-13,16-18,21,33H,1-3,8-11,14-15H2. The van der Waals surface area contributed by atoms with Crippen molar-refractivity contribution in [2.24, 2.45) is 0 Å². The van der Waals surface area contributed by atoms with E-state index in [0.29, 0.717) is 31.5 Å². The smallest absolute Gasteiger partial charge is 0.253 e. The molecule has 3 aromatic rings. The molecule has 2 fully saturated rings. The Morgan fingerprint density at radius 2 is 1.69 bits per heavy atom. The van der Waals surface area contributed by atoms with Crippen molar-refractivity contribution in [2.75, 3.05) is 13.1 Å². The van der Waals surface area contributed by atoms with Crippen LogP contribution in [-0.2, 0) is 15.4 Å². The number of carbonyl (C=O) groups is 1. The molecule has 1 saturated heterocycles. The number of rotatable bonds is 4. The van der Waals surface area contributed by atoms with Gasteiger partial charge in [-0.3, -0.25) is 9.78 Å². The van der Waals surface area contributed by atoms with Crippen LogP contribution in [0.15, 0.2) is 69.5 Å². The second kappa shape index (κ2) is 10.5. The number of piperidine rings is 1. The fourth-order valence-corrected chi connectivity index (χ4v) is 9.55. The highest BCUT2D eigenvalue weighted by Crippen LogP contribution is 2.56. The number of fused-ring (bicyclic) bond motifs is 4. The molecule has 1 amide bonds. The van der Waals surface area contributed by atoms with Gasteiger partial charge in [0.25, 0.3) is 5.91 Å². The lowest BCUT2D eigenvalue weighted by atomic mass is 9.65. The van der Waals surface area contributed by atoms with Crippen LogP contribution < -0.4 is 4.72 Å². The number of amides is 1. The van der Waals surface area contributed by atoms with Gasteiger partial charge in [0.2, 0.25) is 10.0 Å². The Hall–Kier alpha value is -2.46. The van der Waals surface area contributed by atoms with Crippen molar-refractivity contribution < 1.29 is 17.6 Å². The summed E-state index contributed by atoms with van der Waals surface area (Å²) in [6.45, 7) is 0.903. The molecule has 6 nitrogen and oxygen atoms in total. The van der Waals surface area contributed by atoms with E-state index in [-0.39, 0.29) is 33.1 Å². The molecule has 10 heteroatoms. The molecule has 1 saturated carbocycles. The van der Waals surface area contributed by atoms with Crippen LogP contribution in [0.25, 0.3) is 0 Å². The molecule has 0 radical (unpaired) electrons. The van der Waals surface area contributed by atoms with Gasteiger partial charge in [-0.2, -0.15) is 0 Å². The van der Waals surface area contributed by atoms with Crippen LogP contribution in [-0.4, -0.2) is 43.3 Å². The van der Waals surface area contributed by atoms with Gasteiger partial charge in [-0.25, -0.2) is 17.5 Å². The van der Waals surface area contributed by atoms with Crippen molar-refractivity contribution in [2.45, 2.75) is 71.1 Å². The average molecular weight is 586 g/mol. The van der Waals surface area contributed by atoms with Crippen LogP contribution >= 0.6 is 23.4 Å². The van der Waals surface area contributed by atoms with Gasteiger partial charge in [-0.15, -0.1) is 0 Å². The van der Waals surface area contributed by atoms with E-state index in [4.69, 9.17) is 11.6 Å².